The Morgan fingerprint density at radius 1 is 1.05 bits per heavy atom. The van der Waals surface area contributed by atoms with Gasteiger partial charge in [0.05, 0.1) is 0 Å². The highest BCUT2D eigenvalue weighted by Crippen LogP contribution is 2.28. The van der Waals surface area contributed by atoms with E-state index in [1.54, 1.807) is 17.0 Å². The number of rotatable bonds is 3. The van der Waals surface area contributed by atoms with E-state index in [1.165, 1.54) is 12.1 Å². The van der Waals surface area contributed by atoms with Gasteiger partial charge in [-0.15, -0.1) is 6.58 Å². The SMILES string of the molecule is C=CC1CC(=O)N(c2ccc(-c3ccc(F)cc3)cc2)C1. The number of benzene rings is 2. The van der Waals surface area contributed by atoms with Crippen molar-refractivity contribution in [2.24, 2.45) is 5.92 Å². The van der Waals surface area contributed by atoms with Gasteiger partial charge in [-0.25, -0.2) is 4.39 Å². The van der Waals surface area contributed by atoms with Gasteiger partial charge in [-0.3, -0.25) is 4.79 Å². The molecule has 1 saturated heterocycles. The van der Waals surface area contributed by atoms with Crippen LogP contribution in [-0.4, -0.2) is 12.5 Å². The van der Waals surface area contributed by atoms with Crippen LogP contribution in [0.4, 0.5) is 10.1 Å². The summed E-state index contributed by atoms with van der Waals surface area (Å²) in [6.45, 7) is 4.45. The summed E-state index contributed by atoms with van der Waals surface area (Å²) in [5.74, 6) is 0.122. The Morgan fingerprint density at radius 3 is 2.14 bits per heavy atom. The fourth-order valence-corrected chi connectivity index (χ4v) is 2.62. The first-order valence-corrected chi connectivity index (χ1v) is 6.96. The number of carbonyl (C=O) groups excluding carboxylic acids is 1. The highest BCUT2D eigenvalue weighted by Gasteiger charge is 2.28. The summed E-state index contributed by atoms with van der Waals surface area (Å²) in [6, 6.07) is 14.2. The van der Waals surface area contributed by atoms with Gasteiger partial charge in [-0.05, 0) is 35.4 Å². The van der Waals surface area contributed by atoms with Gasteiger partial charge >= 0.3 is 0 Å². The second-order valence-electron chi connectivity index (χ2n) is 5.26. The van der Waals surface area contributed by atoms with Gasteiger partial charge < -0.3 is 4.90 Å². The molecule has 1 fully saturated rings. The molecule has 1 aliphatic heterocycles. The molecule has 2 aromatic rings. The highest BCUT2D eigenvalue weighted by molar-refractivity contribution is 5.96. The molecule has 21 heavy (non-hydrogen) atoms. The fraction of sp³-hybridized carbons (Fsp3) is 0.167. The summed E-state index contributed by atoms with van der Waals surface area (Å²) in [6.07, 6.45) is 2.37. The summed E-state index contributed by atoms with van der Waals surface area (Å²) in [4.78, 5) is 13.8. The van der Waals surface area contributed by atoms with Gasteiger partial charge in [-0.1, -0.05) is 30.3 Å². The molecule has 0 spiro atoms. The van der Waals surface area contributed by atoms with Crippen molar-refractivity contribution in [3.63, 3.8) is 0 Å². The van der Waals surface area contributed by atoms with E-state index in [2.05, 4.69) is 6.58 Å². The van der Waals surface area contributed by atoms with Crippen LogP contribution < -0.4 is 4.90 Å². The molecule has 0 aromatic heterocycles. The molecule has 0 radical (unpaired) electrons. The number of halogens is 1. The van der Waals surface area contributed by atoms with Crippen molar-refractivity contribution in [2.75, 3.05) is 11.4 Å². The van der Waals surface area contributed by atoms with Crippen LogP contribution in [0.2, 0.25) is 0 Å². The van der Waals surface area contributed by atoms with E-state index < -0.39 is 0 Å². The first-order chi connectivity index (χ1) is 10.2. The zero-order chi connectivity index (χ0) is 14.8. The molecule has 0 bridgehead atoms. The molecular formula is C18H16FNO. The molecule has 1 unspecified atom stereocenters. The minimum absolute atomic E-state index is 0.134. The van der Waals surface area contributed by atoms with Crippen molar-refractivity contribution in [3.05, 3.63) is 67.0 Å². The van der Waals surface area contributed by atoms with E-state index in [9.17, 15) is 9.18 Å². The van der Waals surface area contributed by atoms with Gasteiger partial charge in [-0.2, -0.15) is 0 Å². The van der Waals surface area contributed by atoms with Crippen LogP contribution in [-0.2, 0) is 4.79 Å². The van der Waals surface area contributed by atoms with Crippen LogP contribution in [0.3, 0.4) is 0 Å². The van der Waals surface area contributed by atoms with Gasteiger partial charge in [0.15, 0.2) is 0 Å². The molecule has 106 valence electrons. The Hall–Kier alpha value is -2.42. The minimum atomic E-state index is -0.242. The van der Waals surface area contributed by atoms with Crippen molar-refractivity contribution in [3.8, 4) is 11.1 Å². The summed E-state index contributed by atoms with van der Waals surface area (Å²) < 4.78 is 12.9. The summed E-state index contributed by atoms with van der Waals surface area (Å²) in [7, 11) is 0. The van der Waals surface area contributed by atoms with Crippen LogP contribution >= 0.6 is 0 Å². The largest absolute Gasteiger partial charge is 0.312 e. The van der Waals surface area contributed by atoms with E-state index in [0.29, 0.717) is 13.0 Å². The van der Waals surface area contributed by atoms with E-state index in [1.807, 2.05) is 30.3 Å². The maximum Gasteiger partial charge on any atom is 0.227 e. The molecule has 2 aromatic carbocycles. The monoisotopic (exact) mass is 281 g/mol. The summed E-state index contributed by atoms with van der Waals surface area (Å²) >= 11 is 0. The number of hydrogen-bond donors (Lipinski definition) is 0. The van der Waals surface area contributed by atoms with Gasteiger partial charge in [0.1, 0.15) is 5.82 Å². The van der Waals surface area contributed by atoms with Crippen LogP contribution in [0.25, 0.3) is 11.1 Å². The molecule has 2 nitrogen and oxygen atoms in total. The Kier molecular flexibility index (Phi) is 3.57. The van der Waals surface area contributed by atoms with Crippen molar-refractivity contribution < 1.29 is 9.18 Å². The molecule has 3 heteroatoms. The first-order valence-electron chi connectivity index (χ1n) is 6.96. The van der Waals surface area contributed by atoms with Crippen LogP contribution in [0.15, 0.2) is 61.2 Å². The van der Waals surface area contributed by atoms with E-state index in [0.717, 1.165) is 16.8 Å². The predicted octanol–water partition coefficient (Wildman–Crippen LogP) is 4.03. The van der Waals surface area contributed by atoms with E-state index >= 15 is 0 Å². The molecule has 0 N–H and O–H groups in total. The lowest BCUT2D eigenvalue weighted by Crippen LogP contribution is -2.24. The van der Waals surface area contributed by atoms with E-state index in [4.69, 9.17) is 0 Å². The molecule has 3 rings (SSSR count). The van der Waals surface area contributed by atoms with Gasteiger partial charge in [0.2, 0.25) is 5.91 Å². The second-order valence-corrected chi connectivity index (χ2v) is 5.26. The molecule has 1 atom stereocenters. The lowest BCUT2D eigenvalue weighted by Gasteiger charge is -2.16. The molecule has 0 saturated carbocycles. The van der Waals surface area contributed by atoms with Crippen LogP contribution in [0, 0.1) is 11.7 Å². The Morgan fingerprint density at radius 2 is 1.62 bits per heavy atom. The van der Waals surface area contributed by atoms with Crippen molar-refractivity contribution in [1.29, 1.82) is 0 Å². The maximum atomic E-state index is 12.9. The fourth-order valence-electron chi connectivity index (χ4n) is 2.62. The molecule has 1 amide bonds. The number of anilines is 1. The third-order valence-corrected chi connectivity index (χ3v) is 3.84. The Labute approximate surface area is 123 Å². The molecule has 1 heterocycles. The molecule has 0 aliphatic carbocycles. The molecule has 1 aliphatic rings. The number of amides is 1. The normalized spacial score (nSPS) is 18.0. The topological polar surface area (TPSA) is 20.3 Å². The van der Waals surface area contributed by atoms with Crippen molar-refractivity contribution >= 4 is 11.6 Å². The Bertz CT molecular complexity index is 661. The highest BCUT2D eigenvalue weighted by atomic mass is 19.1. The average molecular weight is 281 g/mol. The smallest absolute Gasteiger partial charge is 0.227 e. The van der Waals surface area contributed by atoms with E-state index in [-0.39, 0.29) is 17.6 Å². The van der Waals surface area contributed by atoms with Crippen LogP contribution in [0.1, 0.15) is 6.42 Å². The number of hydrogen-bond acceptors (Lipinski definition) is 1. The van der Waals surface area contributed by atoms with Crippen molar-refractivity contribution in [1.82, 2.24) is 0 Å². The van der Waals surface area contributed by atoms with Crippen molar-refractivity contribution in [2.45, 2.75) is 6.42 Å². The predicted molar refractivity (Wildman–Crippen MR) is 82.5 cm³/mol. The third-order valence-electron chi connectivity index (χ3n) is 3.84. The zero-order valence-electron chi connectivity index (χ0n) is 11.6. The summed E-state index contributed by atoms with van der Waals surface area (Å²) in [5.41, 5.74) is 2.86. The standard InChI is InChI=1S/C18H16FNO/c1-2-13-11-18(21)20(12-13)17-9-5-15(6-10-17)14-3-7-16(19)8-4-14/h2-10,13H,1,11-12H2. The molecular weight excluding hydrogens is 265 g/mol. The second kappa shape index (κ2) is 5.52. The lowest BCUT2D eigenvalue weighted by atomic mass is 10.1. The maximum absolute atomic E-state index is 12.9. The zero-order valence-corrected chi connectivity index (χ0v) is 11.6. The van der Waals surface area contributed by atoms with Crippen LogP contribution in [0.5, 0.6) is 0 Å². The van der Waals surface area contributed by atoms with Gasteiger partial charge in [0, 0.05) is 24.6 Å². The lowest BCUT2D eigenvalue weighted by molar-refractivity contribution is -0.117. The van der Waals surface area contributed by atoms with Gasteiger partial charge in [0.25, 0.3) is 0 Å². The Balaban J connectivity index is 1.83. The number of carbonyl (C=O) groups is 1. The summed E-state index contributed by atoms with van der Waals surface area (Å²) in [5, 5.41) is 0. The first kappa shape index (κ1) is 13.6. The minimum Gasteiger partial charge on any atom is -0.312 e. The third kappa shape index (κ3) is 2.72. The average Bonchev–Trinajstić information content (AvgIpc) is 2.89. The quantitative estimate of drug-likeness (QED) is 0.778. The number of nitrogens with zero attached hydrogens (tertiary/aromatic N) is 1.